The Kier molecular flexibility index (Phi) is 7.29. The molecular weight excluding hydrogens is 526 g/mol. The van der Waals surface area contributed by atoms with E-state index < -0.39 is 15.6 Å². The van der Waals surface area contributed by atoms with Crippen molar-refractivity contribution in [2.75, 3.05) is 35.8 Å². The Hall–Kier alpha value is -4.31. The van der Waals surface area contributed by atoms with E-state index in [1.54, 1.807) is 60.0 Å². The molecule has 1 fully saturated rings. The summed E-state index contributed by atoms with van der Waals surface area (Å²) in [5.74, 6) is -0.222. The van der Waals surface area contributed by atoms with E-state index in [9.17, 15) is 18.0 Å². The van der Waals surface area contributed by atoms with E-state index in [0.717, 1.165) is 0 Å². The van der Waals surface area contributed by atoms with Crippen LogP contribution in [0.25, 0.3) is 5.69 Å². The molecule has 0 aliphatic carbocycles. The lowest BCUT2D eigenvalue weighted by Gasteiger charge is -2.37. The highest BCUT2D eigenvalue weighted by Crippen LogP contribution is 2.25. The Balaban J connectivity index is 1.34. The van der Waals surface area contributed by atoms with Gasteiger partial charge in [0.25, 0.3) is 21.5 Å². The van der Waals surface area contributed by atoms with Gasteiger partial charge in [0.05, 0.1) is 16.3 Å². The number of benzene rings is 3. The Bertz CT molecular complexity index is 1730. The predicted octanol–water partition coefficient (Wildman–Crippen LogP) is 3.86. The van der Waals surface area contributed by atoms with Gasteiger partial charge in [-0.15, -0.1) is 0 Å². The number of anilines is 2. The lowest BCUT2D eigenvalue weighted by atomic mass is 10.1. The second kappa shape index (κ2) is 10.7. The first-order valence-electron chi connectivity index (χ1n) is 13.2. The summed E-state index contributed by atoms with van der Waals surface area (Å²) in [6.45, 7) is 8.32. The largest absolute Gasteiger partial charge is 0.368 e. The summed E-state index contributed by atoms with van der Waals surface area (Å²) in [6.07, 6.45) is 0. The van der Waals surface area contributed by atoms with Crippen LogP contribution < -0.4 is 15.2 Å². The molecule has 0 spiro atoms. The number of carbonyl (C=O) groups excluding carboxylic acids is 1. The minimum absolute atomic E-state index is 0.0364. The maximum Gasteiger partial charge on any atom is 0.296 e. The minimum Gasteiger partial charge on any atom is -0.368 e. The molecule has 1 aromatic heterocycles. The van der Waals surface area contributed by atoms with Crippen LogP contribution >= 0.6 is 0 Å². The molecule has 1 aliphatic heterocycles. The first kappa shape index (κ1) is 27.3. The fourth-order valence-electron chi connectivity index (χ4n) is 5.09. The maximum absolute atomic E-state index is 13.4. The zero-order valence-electron chi connectivity index (χ0n) is 23.1. The average Bonchev–Trinajstić information content (AvgIpc) is 3.17. The molecule has 1 amide bonds. The molecule has 4 aromatic rings. The zero-order chi connectivity index (χ0) is 28.6. The number of sulfonamides is 1. The predicted molar refractivity (Wildman–Crippen MR) is 157 cm³/mol. The van der Waals surface area contributed by atoms with Crippen LogP contribution in [0.1, 0.15) is 27.2 Å². The minimum atomic E-state index is -4.14. The van der Waals surface area contributed by atoms with Gasteiger partial charge in [-0.25, -0.2) is 13.1 Å². The Labute approximate surface area is 234 Å². The molecular formula is C30H33N5O4S. The molecule has 208 valence electrons. The molecule has 0 atom stereocenters. The monoisotopic (exact) mass is 559 g/mol. The summed E-state index contributed by atoms with van der Waals surface area (Å²) in [5, 5.41) is 0. The summed E-state index contributed by atoms with van der Waals surface area (Å²) in [5.41, 5.74) is 4.49. The number of piperazine rings is 1. The highest BCUT2D eigenvalue weighted by atomic mass is 32.2. The summed E-state index contributed by atoms with van der Waals surface area (Å²) >= 11 is 0. The van der Waals surface area contributed by atoms with Crippen LogP contribution in [0.4, 0.5) is 11.4 Å². The molecule has 1 aliphatic rings. The van der Waals surface area contributed by atoms with Crippen molar-refractivity contribution in [3.63, 3.8) is 0 Å². The molecule has 0 radical (unpaired) electrons. The van der Waals surface area contributed by atoms with E-state index in [1.165, 1.54) is 33.6 Å². The number of carbonyl (C=O) groups is 1. The number of amides is 1. The quantitative estimate of drug-likeness (QED) is 0.387. The molecule has 5 rings (SSSR count). The van der Waals surface area contributed by atoms with Crippen LogP contribution in [0.2, 0.25) is 0 Å². The standard InChI is InChI=1S/C30H33N5O4S/c1-21-10-8-15-27(22(21)2)33-16-18-34(19-17-33)29(36)24-11-9-14-26(20-24)40(38,39)31-28-23(3)32(4)35(30(28)37)25-12-6-5-7-13-25/h5-15,20,31H,16-19H2,1-4H3. The molecule has 1 N–H and O–H groups in total. The van der Waals surface area contributed by atoms with Gasteiger partial charge in [-0.1, -0.05) is 36.4 Å². The van der Waals surface area contributed by atoms with E-state index in [4.69, 9.17) is 0 Å². The van der Waals surface area contributed by atoms with Crippen molar-refractivity contribution in [1.29, 1.82) is 0 Å². The van der Waals surface area contributed by atoms with Crippen molar-refractivity contribution < 1.29 is 13.2 Å². The third-order valence-corrected chi connectivity index (χ3v) is 9.01. The lowest BCUT2D eigenvalue weighted by molar-refractivity contribution is 0.0746. The molecule has 10 heteroatoms. The normalized spacial score (nSPS) is 13.9. The first-order chi connectivity index (χ1) is 19.1. The van der Waals surface area contributed by atoms with Crippen molar-refractivity contribution >= 4 is 27.3 Å². The number of rotatable bonds is 6. The first-order valence-corrected chi connectivity index (χ1v) is 14.6. The van der Waals surface area contributed by atoms with Crippen molar-refractivity contribution in [1.82, 2.24) is 14.3 Å². The second-order valence-electron chi connectivity index (χ2n) is 10.1. The smallest absolute Gasteiger partial charge is 0.296 e. The molecule has 2 heterocycles. The Morgan fingerprint density at radius 2 is 1.52 bits per heavy atom. The number of para-hydroxylation sites is 1. The van der Waals surface area contributed by atoms with Gasteiger partial charge in [-0.2, -0.15) is 0 Å². The Morgan fingerprint density at radius 1 is 0.850 bits per heavy atom. The van der Waals surface area contributed by atoms with E-state index in [2.05, 4.69) is 35.6 Å². The van der Waals surface area contributed by atoms with Gasteiger partial charge in [0.2, 0.25) is 0 Å². The molecule has 0 saturated carbocycles. The number of hydrogen-bond donors (Lipinski definition) is 1. The summed E-state index contributed by atoms with van der Waals surface area (Å²) < 4.78 is 32.2. The third-order valence-electron chi connectivity index (χ3n) is 7.67. The van der Waals surface area contributed by atoms with Gasteiger partial charge in [-0.3, -0.25) is 19.0 Å². The summed E-state index contributed by atoms with van der Waals surface area (Å²) in [7, 11) is -2.44. The van der Waals surface area contributed by atoms with Gasteiger partial charge >= 0.3 is 0 Å². The van der Waals surface area contributed by atoms with Gasteiger partial charge in [0, 0.05) is 44.5 Å². The topological polar surface area (TPSA) is 96.7 Å². The molecule has 1 saturated heterocycles. The zero-order valence-corrected chi connectivity index (χ0v) is 23.9. The van der Waals surface area contributed by atoms with E-state index in [1.807, 2.05) is 12.1 Å². The molecule has 0 bridgehead atoms. The molecule has 40 heavy (non-hydrogen) atoms. The van der Waals surface area contributed by atoms with Gasteiger partial charge in [-0.05, 0) is 68.3 Å². The Morgan fingerprint density at radius 3 is 2.23 bits per heavy atom. The SMILES string of the molecule is Cc1cccc(N2CCN(C(=O)c3cccc(S(=O)(=O)Nc4c(C)n(C)n(-c5ccccc5)c4=O)c3)CC2)c1C. The van der Waals surface area contributed by atoms with Crippen LogP contribution in [0.5, 0.6) is 0 Å². The highest BCUT2D eigenvalue weighted by Gasteiger charge is 2.26. The lowest BCUT2D eigenvalue weighted by Crippen LogP contribution is -2.49. The van der Waals surface area contributed by atoms with Crippen LogP contribution in [-0.2, 0) is 17.1 Å². The van der Waals surface area contributed by atoms with Crippen molar-refractivity contribution in [2.45, 2.75) is 25.7 Å². The highest BCUT2D eigenvalue weighted by molar-refractivity contribution is 7.92. The van der Waals surface area contributed by atoms with Crippen LogP contribution in [0.3, 0.4) is 0 Å². The summed E-state index contributed by atoms with van der Waals surface area (Å²) in [4.78, 5) is 30.5. The van der Waals surface area contributed by atoms with Gasteiger partial charge in [0.15, 0.2) is 0 Å². The fraction of sp³-hybridized carbons (Fsp3) is 0.267. The maximum atomic E-state index is 13.4. The van der Waals surface area contributed by atoms with Gasteiger partial charge in [0.1, 0.15) is 5.69 Å². The van der Waals surface area contributed by atoms with Crippen LogP contribution in [0, 0.1) is 20.8 Å². The molecule has 0 unspecified atom stereocenters. The third kappa shape index (κ3) is 5.02. The van der Waals surface area contributed by atoms with Crippen LogP contribution in [-0.4, -0.2) is 54.8 Å². The average molecular weight is 560 g/mol. The molecule has 9 nitrogen and oxygen atoms in total. The van der Waals surface area contributed by atoms with E-state index >= 15 is 0 Å². The van der Waals surface area contributed by atoms with Gasteiger partial charge < -0.3 is 9.80 Å². The number of nitrogens with zero attached hydrogens (tertiary/aromatic N) is 4. The number of aromatic nitrogens is 2. The van der Waals surface area contributed by atoms with E-state index in [0.29, 0.717) is 37.6 Å². The van der Waals surface area contributed by atoms with Crippen LogP contribution in [0.15, 0.2) is 82.5 Å². The van der Waals surface area contributed by atoms with Crippen molar-refractivity contribution in [3.05, 3.63) is 106 Å². The van der Waals surface area contributed by atoms with Crippen molar-refractivity contribution in [2.24, 2.45) is 7.05 Å². The van der Waals surface area contributed by atoms with E-state index in [-0.39, 0.29) is 22.1 Å². The van der Waals surface area contributed by atoms with Crippen molar-refractivity contribution in [3.8, 4) is 5.69 Å². The number of nitrogens with one attached hydrogen (secondary N) is 1. The summed E-state index contributed by atoms with van der Waals surface area (Å²) in [6, 6.07) is 21.2. The second-order valence-corrected chi connectivity index (χ2v) is 11.8. The fourth-order valence-corrected chi connectivity index (χ4v) is 6.25. The number of aryl methyl sites for hydroxylation is 1. The number of hydrogen-bond acceptors (Lipinski definition) is 5. The molecule has 3 aromatic carbocycles.